The van der Waals surface area contributed by atoms with Crippen LogP contribution in [0.1, 0.15) is 32.8 Å². The van der Waals surface area contributed by atoms with E-state index in [4.69, 9.17) is 13.3 Å². The Kier molecular flexibility index (Phi) is 14.1. The van der Waals surface area contributed by atoms with Crippen molar-refractivity contribution in [2.75, 3.05) is 25.6 Å². The molecular formula is C16H28O3S4Si. The molecule has 0 aliphatic carbocycles. The normalized spacial score (nSPS) is 11.8. The van der Waals surface area contributed by atoms with E-state index in [2.05, 4.69) is 30.3 Å². The van der Waals surface area contributed by atoms with Crippen LogP contribution in [-0.2, 0) is 19.0 Å². The molecule has 0 N–H and O–H groups in total. The largest absolute Gasteiger partial charge is 0.500 e. The van der Waals surface area contributed by atoms with E-state index >= 15 is 0 Å². The van der Waals surface area contributed by atoms with E-state index in [1.54, 1.807) is 0 Å². The molecule has 0 saturated carbocycles. The van der Waals surface area contributed by atoms with Gasteiger partial charge in [-0.3, -0.25) is 0 Å². The number of benzene rings is 1. The van der Waals surface area contributed by atoms with Crippen LogP contribution in [-0.4, -0.2) is 34.4 Å². The third-order valence-corrected chi connectivity index (χ3v) is 12.6. The lowest BCUT2D eigenvalue weighted by Crippen LogP contribution is -2.46. The van der Waals surface area contributed by atoms with Crippen molar-refractivity contribution in [1.29, 1.82) is 0 Å². The van der Waals surface area contributed by atoms with Gasteiger partial charge in [-0.15, -0.1) is 0 Å². The minimum atomic E-state index is -2.45. The van der Waals surface area contributed by atoms with Gasteiger partial charge in [-0.1, -0.05) is 51.9 Å². The second-order valence-corrected chi connectivity index (χ2v) is 13.6. The maximum absolute atomic E-state index is 5.87. The first-order valence-corrected chi connectivity index (χ1v) is 15.4. The maximum Gasteiger partial charge on any atom is 0.500 e. The summed E-state index contributed by atoms with van der Waals surface area (Å²) >= 11 is 0. The lowest BCUT2D eigenvalue weighted by molar-refractivity contribution is 0.0712. The standard InChI is InChI=1S/C16H28O3S4Si/c1-4-17-24(18-5-2,19-6-3)14-10-13-20-22-23-21-15-16-11-8-7-9-12-16/h7-9,11-12H,4-6,10,13-15H2,1-3H3. The van der Waals surface area contributed by atoms with Gasteiger partial charge in [0.15, 0.2) is 0 Å². The molecule has 138 valence electrons. The molecule has 0 radical (unpaired) electrons. The SMILES string of the molecule is CCO[Si](CCCSSSSCc1ccccc1)(OCC)OCC. The molecule has 1 aromatic rings. The van der Waals surface area contributed by atoms with Gasteiger partial charge in [-0.05, 0) is 52.4 Å². The molecule has 0 aliphatic rings. The highest BCUT2D eigenvalue weighted by Gasteiger charge is 2.39. The van der Waals surface area contributed by atoms with Gasteiger partial charge < -0.3 is 13.3 Å². The van der Waals surface area contributed by atoms with Gasteiger partial charge in [0, 0.05) is 37.4 Å². The Morgan fingerprint density at radius 1 is 0.833 bits per heavy atom. The van der Waals surface area contributed by atoms with Crippen molar-refractivity contribution in [2.45, 2.75) is 39.0 Å². The minimum Gasteiger partial charge on any atom is -0.374 e. The Bertz CT molecular complexity index is 395. The van der Waals surface area contributed by atoms with Crippen LogP contribution in [0.3, 0.4) is 0 Å². The zero-order valence-electron chi connectivity index (χ0n) is 14.7. The molecule has 0 atom stereocenters. The topological polar surface area (TPSA) is 27.7 Å². The summed E-state index contributed by atoms with van der Waals surface area (Å²) < 4.78 is 17.6. The smallest absolute Gasteiger partial charge is 0.374 e. The van der Waals surface area contributed by atoms with E-state index in [-0.39, 0.29) is 0 Å². The summed E-state index contributed by atoms with van der Waals surface area (Å²) in [6, 6.07) is 11.5. The second kappa shape index (κ2) is 14.8. The van der Waals surface area contributed by atoms with Crippen LogP contribution >= 0.6 is 41.2 Å². The molecule has 8 heteroatoms. The monoisotopic (exact) mass is 424 g/mol. The van der Waals surface area contributed by atoms with Crippen molar-refractivity contribution in [3.8, 4) is 0 Å². The average Bonchev–Trinajstić information content (AvgIpc) is 2.59. The number of rotatable bonds is 15. The van der Waals surface area contributed by atoms with E-state index < -0.39 is 8.80 Å². The summed E-state index contributed by atoms with van der Waals surface area (Å²) in [4.78, 5) is 0. The summed E-state index contributed by atoms with van der Waals surface area (Å²) in [6.07, 6.45) is 1.06. The van der Waals surface area contributed by atoms with E-state index in [0.29, 0.717) is 19.8 Å². The van der Waals surface area contributed by atoms with Crippen LogP contribution in [0.4, 0.5) is 0 Å². The fourth-order valence-electron chi connectivity index (χ4n) is 2.09. The maximum atomic E-state index is 5.87. The molecule has 1 aromatic carbocycles. The molecule has 0 bridgehead atoms. The Hall–Kier alpha value is 0.717. The van der Waals surface area contributed by atoms with Crippen molar-refractivity contribution in [2.24, 2.45) is 0 Å². The summed E-state index contributed by atoms with van der Waals surface area (Å²) in [5.74, 6) is 2.14. The molecule has 0 spiro atoms. The Labute approximate surface area is 163 Å². The van der Waals surface area contributed by atoms with Crippen molar-refractivity contribution < 1.29 is 13.3 Å². The Balaban J connectivity index is 2.12. The van der Waals surface area contributed by atoms with E-state index in [0.717, 1.165) is 24.0 Å². The van der Waals surface area contributed by atoms with Gasteiger partial charge in [0.1, 0.15) is 0 Å². The van der Waals surface area contributed by atoms with Crippen LogP contribution in [0, 0.1) is 0 Å². The van der Waals surface area contributed by atoms with Gasteiger partial charge in [-0.25, -0.2) is 0 Å². The highest BCUT2D eigenvalue weighted by atomic mass is 33.7. The van der Waals surface area contributed by atoms with E-state index in [1.165, 1.54) is 5.56 Å². The summed E-state index contributed by atoms with van der Waals surface area (Å²) in [6.45, 7) is 7.97. The van der Waals surface area contributed by atoms with Crippen LogP contribution in [0.25, 0.3) is 0 Å². The molecule has 0 aromatic heterocycles. The van der Waals surface area contributed by atoms with Crippen LogP contribution < -0.4 is 0 Å². The molecule has 0 heterocycles. The van der Waals surface area contributed by atoms with Gasteiger partial charge >= 0.3 is 8.80 Å². The van der Waals surface area contributed by atoms with E-state index in [1.807, 2.05) is 62.0 Å². The zero-order valence-corrected chi connectivity index (χ0v) is 19.0. The predicted octanol–water partition coefficient (Wildman–Crippen LogP) is 6.30. The highest BCUT2D eigenvalue weighted by Crippen LogP contribution is 2.44. The molecule has 0 amide bonds. The fourth-order valence-corrected chi connectivity index (χ4v) is 11.0. The molecular weight excluding hydrogens is 397 g/mol. The number of hydrogen-bond acceptors (Lipinski definition) is 7. The third-order valence-electron chi connectivity index (χ3n) is 3.00. The van der Waals surface area contributed by atoms with Crippen molar-refractivity contribution in [3.63, 3.8) is 0 Å². The Morgan fingerprint density at radius 3 is 2.00 bits per heavy atom. The lowest BCUT2D eigenvalue weighted by atomic mass is 10.2. The Morgan fingerprint density at radius 2 is 1.42 bits per heavy atom. The molecule has 0 aliphatic heterocycles. The van der Waals surface area contributed by atoms with Crippen LogP contribution in [0.2, 0.25) is 6.04 Å². The minimum absolute atomic E-state index is 0.653. The molecule has 24 heavy (non-hydrogen) atoms. The van der Waals surface area contributed by atoms with Gasteiger partial charge in [-0.2, -0.15) is 0 Å². The average molecular weight is 425 g/mol. The first kappa shape index (κ1) is 22.8. The van der Waals surface area contributed by atoms with Gasteiger partial charge in [0.2, 0.25) is 0 Å². The van der Waals surface area contributed by atoms with Crippen LogP contribution in [0.5, 0.6) is 0 Å². The van der Waals surface area contributed by atoms with E-state index in [9.17, 15) is 0 Å². The molecule has 0 saturated heterocycles. The summed E-state index contributed by atoms with van der Waals surface area (Å²) in [5, 5.41) is 0. The number of hydrogen-bond donors (Lipinski definition) is 0. The lowest BCUT2D eigenvalue weighted by Gasteiger charge is -2.28. The first-order chi connectivity index (χ1) is 11.8. The molecule has 1 rings (SSSR count). The highest BCUT2D eigenvalue weighted by molar-refractivity contribution is 9.26. The second-order valence-electron chi connectivity index (χ2n) is 4.79. The van der Waals surface area contributed by atoms with Gasteiger partial charge in [0.05, 0.1) is 0 Å². The summed E-state index contributed by atoms with van der Waals surface area (Å²) in [5.41, 5.74) is 1.38. The van der Waals surface area contributed by atoms with Crippen molar-refractivity contribution in [3.05, 3.63) is 35.9 Å². The molecule has 0 unspecified atom stereocenters. The third kappa shape index (κ3) is 10.0. The predicted molar refractivity (Wildman–Crippen MR) is 115 cm³/mol. The molecule has 0 fully saturated rings. The van der Waals surface area contributed by atoms with Crippen LogP contribution in [0.15, 0.2) is 30.3 Å². The quantitative estimate of drug-likeness (QED) is 0.185. The van der Waals surface area contributed by atoms with Gasteiger partial charge in [0.25, 0.3) is 0 Å². The summed E-state index contributed by atoms with van der Waals surface area (Å²) in [7, 11) is 5.04. The van der Waals surface area contributed by atoms with Crippen molar-refractivity contribution in [1.82, 2.24) is 0 Å². The zero-order chi connectivity index (χ0) is 17.5. The molecule has 3 nitrogen and oxygen atoms in total. The van der Waals surface area contributed by atoms with Crippen molar-refractivity contribution >= 4 is 50.0 Å². The first-order valence-electron chi connectivity index (χ1n) is 8.29. The fraction of sp³-hybridized carbons (Fsp3) is 0.625.